The standard InChI is InChI=1S/C60H116O17P2/c1-8-10-11-24-34-41-57(62)70-47-55(77-60(65)44-37-30-22-20-26-32-39-52(5)6)49-74-78(66,67)72-45-54(61)46-73-79(68,69)75-50-56(48-71-58(63)42-35-28-23-21-27-33-40-53(7)9-2)76-59(64)43-36-29-19-17-15-13-12-14-16-18-25-31-38-51(3)4/h51-56,61H,8-50H2,1-7H3,(H,66,67)(H,68,69)/t53?,54-,55+,56+/m0/s1. The van der Waals surface area contributed by atoms with E-state index in [1.165, 1.54) is 83.5 Å². The molecule has 3 unspecified atom stereocenters. The van der Waals surface area contributed by atoms with Gasteiger partial charge in [-0.05, 0) is 43.4 Å². The maximum Gasteiger partial charge on any atom is 0.472 e. The first-order valence-corrected chi connectivity index (χ1v) is 34.4. The molecule has 19 heteroatoms. The number of carbonyl (C=O) groups excluding carboxylic acids is 4. The first-order chi connectivity index (χ1) is 37.8. The molecule has 468 valence electrons. The quantitative estimate of drug-likeness (QED) is 0.0222. The van der Waals surface area contributed by atoms with Crippen molar-refractivity contribution in [3.8, 4) is 0 Å². The maximum atomic E-state index is 12.9. The van der Waals surface area contributed by atoms with E-state index in [0.717, 1.165) is 115 Å². The van der Waals surface area contributed by atoms with E-state index < -0.39 is 97.5 Å². The number of carbonyl (C=O) groups is 4. The van der Waals surface area contributed by atoms with E-state index in [4.69, 9.17) is 37.0 Å². The van der Waals surface area contributed by atoms with Crippen LogP contribution in [-0.2, 0) is 65.4 Å². The zero-order valence-corrected chi connectivity index (χ0v) is 52.6. The molecule has 0 fully saturated rings. The SMILES string of the molecule is CCCCCCCC(=O)OC[C@H](COP(=O)(O)OC[C@H](O)COP(=O)(O)OC[C@@H](COC(=O)CCCCCCCCC(C)CC)OC(=O)CCCCCCCCCCCCCCC(C)C)OC(=O)CCCCCCCCC(C)C. The Morgan fingerprint density at radius 2 is 0.646 bits per heavy atom. The van der Waals surface area contributed by atoms with Crippen molar-refractivity contribution in [1.82, 2.24) is 0 Å². The van der Waals surface area contributed by atoms with E-state index >= 15 is 0 Å². The topological polar surface area (TPSA) is 237 Å². The molecule has 0 aromatic heterocycles. The van der Waals surface area contributed by atoms with Crippen LogP contribution in [0.15, 0.2) is 0 Å². The van der Waals surface area contributed by atoms with E-state index in [2.05, 4.69) is 48.5 Å². The molecule has 0 aromatic carbocycles. The summed E-state index contributed by atoms with van der Waals surface area (Å²) in [6, 6.07) is 0. The smallest absolute Gasteiger partial charge is 0.462 e. The lowest BCUT2D eigenvalue weighted by molar-refractivity contribution is -0.161. The normalized spacial score (nSPS) is 14.8. The Kier molecular flexibility index (Phi) is 50.4. The second-order valence-corrected chi connectivity index (χ2v) is 25.8. The molecule has 17 nitrogen and oxygen atoms in total. The summed E-state index contributed by atoms with van der Waals surface area (Å²) in [5.74, 6) is 0.0206. The first kappa shape index (κ1) is 77.1. The van der Waals surface area contributed by atoms with Crippen LogP contribution in [0.1, 0.15) is 286 Å². The van der Waals surface area contributed by atoms with Crippen molar-refractivity contribution >= 4 is 39.5 Å². The number of phosphoric ester groups is 2. The number of ether oxygens (including phenoxy) is 4. The average molecular weight is 1170 g/mol. The highest BCUT2D eigenvalue weighted by Gasteiger charge is 2.30. The number of phosphoric acid groups is 2. The third kappa shape index (κ3) is 53.8. The van der Waals surface area contributed by atoms with E-state index in [9.17, 15) is 43.2 Å². The third-order valence-corrected chi connectivity index (χ3v) is 15.9. The van der Waals surface area contributed by atoms with Gasteiger partial charge in [-0.15, -0.1) is 0 Å². The number of hydrogen-bond donors (Lipinski definition) is 3. The summed E-state index contributed by atoms with van der Waals surface area (Å²) in [5, 5.41) is 10.5. The van der Waals surface area contributed by atoms with Crippen molar-refractivity contribution in [3.63, 3.8) is 0 Å². The van der Waals surface area contributed by atoms with Crippen LogP contribution in [0.5, 0.6) is 0 Å². The highest BCUT2D eigenvalue weighted by Crippen LogP contribution is 2.45. The van der Waals surface area contributed by atoms with Gasteiger partial charge < -0.3 is 33.8 Å². The molecule has 0 amide bonds. The molecule has 0 saturated heterocycles. The third-order valence-electron chi connectivity index (χ3n) is 14.0. The van der Waals surface area contributed by atoms with Crippen LogP contribution in [0.4, 0.5) is 0 Å². The second-order valence-electron chi connectivity index (χ2n) is 22.9. The molecule has 0 aliphatic heterocycles. The van der Waals surface area contributed by atoms with E-state index in [1.807, 2.05) is 0 Å². The molecule has 0 heterocycles. The maximum absolute atomic E-state index is 12.9. The van der Waals surface area contributed by atoms with Crippen LogP contribution < -0.4 is 0 Å². The predicted octanol–water partition coefficient (Wildman–Crippen LogP) is 15.9. The fourth-order valence-electron chi connectivity index (χ4n) is 8.74. The number of esters is 4. The van der Waals surface area contributed by atoms with Crippen LogP contribution in [0.25, 0.3) is 0 Å². The van der Waals surface area contributed by atoms with Gasteiger partial charge in [-0.1, -0.05) is 235 Å². The average Bonchev–Trinajstić information content (AvgIpc) is 3.40. The Bertz CT molecular complexity index is 1580. The second kappa shape index (κ2) is 51.7. The van der Waals surface area contributed by atoms with E-state index in [1.54, 1.807) is 0 Å². The highest BCUT2D eigenvalue weighted by atomic mass is 31.2. The molecule has 0 aromatic rings. The molecule has 0 aliphatic rings. The van der Waals surface area contributed by atoms with E-state index in [0.29, 0.717) is 31.6 Å². The Morgan fingerprint density at radius 3 is 0.962 bits per heavy atom. The summed E-state index contributed by atoms with van der Waals surface area (Å²) < 4.78 is 67.6. The summed E-state index contributed by atoms with van der Waals surface area (Å²) in [6.45, 7) is 11.5. The lowest BCUT2D eigenvalue weighted by Gasteiger charge is -2.21. The Morgan fingerprint density at radius 1 is 0.367 bits per heavy atom. The zero-order valence-electron chi connectivity index (χ0n) is 50.8. The molecule has 6 atom stereocenters. The minimum atomic E-state index is -4.94. The highest BCUT2D eigenvalue weighted by molar-refractivity contribution is 7.47. The zero-order chi connectivity index (χ0) is 58.8. The predicted molar refractivity (Wildman–Crippen MR) is 312 cm³/mol. The van der Waals surface area contributed by atoms with Crippen molar-refractivity contribution in [2.45, 2.75) is 304 Å². The molecular formula is C60H116O17P2. The van der Waals surface area contributed by atoms with Gasteiger partial charge >= 0.3 is 39.5 Å². The van der Waals surface area contributed by atoms with Crippen LogP contribution in [-0.4, -0.2) is 96.7 Å². The summed E-state index contributed by atoms with van der Waals surface area (Å²) in [7, 11) is -9.87. The lowest BCUT2D eigenvalue weighted by Crippen LogP contribution is -2.30. The summed E-state index contributed by atoms with van der Waals surface area (Å²) in [4.78, 5) is 71.7. The van der Waals surface area contributed by atoms with Gasteiger partial charge in [-0.2, -0.15) is 0 Å². The first-order valence-electron chi connectivity index (χ1n) is 31.4. The molecule has 0 spiro atoms. The Hall–Kier alpha value is -1.94. The minimum absolute atomic E-state index is 0.101. The summed E-state index contributed by atoms with van der Waals surface area (Å²) >= 11 is 0. The minimum Gasteiger partial charge on any atom is -0.462 e. The number of rotatable bonds is 58. The largest absolute Gasteiger partial charge is 0.472 e. The van der Waals surface area contributed by atoms with Gasteiger partial charge in [-0.25, -0.2) is 9.13 Å². The Labute approximate surface area is 479 Å². The van der Waals surface area contributed by atoms with Crippen molar-refractivity contribution in [1.29, 1.82) is 0 Å². The number of hydrogen-bond acceptors (Lipinski definition) is 15. The fraction of sp³-hybridized carbons (Fsp3) is 0.933. The van der Waals surface area contributed by atoms with Gasteiger partial charge in [0.1, 0.15) is 19.3 Å². The Balaban J connectivity index is 5.18. The van der Waals surface area contributed by atoms with Gasteiger partial charge in [0, 0.05) is 25.7 Å². The number of aliphatic hydroxyl groups excluding tert-OH is 1. The molecule has 0 bridgehead atoms. The molecule has 0 rings (SSSR count). The molecule has 0 radical (unpaired) electrons. The molecule has 3 N–H and O–H groups in total. The van der Waals surface area contributed by atoms with Crippen molar-refractivity contribution in [3.05, 3.63) is 0 Å². The summed E-state index contributed by atoms with van der Waals surface area (Å²) in [5.41, 5.74) is 0. The van der Waals surface area contributed by atoms with Gasteiger partial charge in [-0.3, -0.25) is 37.3 Å². The van der Waals surface area contributed by atoms with Crippen LogP contribution in [0.3, 0.4) is 0 Å². The van der Waals surface area contributed by atoms with Crippen LogP contribution in [0.2, 0.25) is 0 Å². The fourth-order valence-corrected chi connectivity index (χ4v) is 10.3. The van der Waals surface area contributed by atoms with Crippen molar-refractivity contribution in [2.75, 3.05) is 39.6 Å². The van der Waals surface area contributed by atoms with Gasteiger partial charge in [0.15, 0.2) is 12.2 Å². The van der Waals surface area contributed by atoms with Crippen molar-refractivity contribution in [2.24, 2.45) is 17.8 Å². The van der Waals surface area contributed by atoms with Gasteiger partial charge in [0.25, 0.3) is 0 Å². The van der Waals surface area contributed by atoms with Gasteiger partial charge in [0.2, 0.25) is 0 Å². The van der Waals surface area contributed by atoms with Crippen LogP contribution >= 0.6 is 15.6 Å². The monoisotopic (exact) mass is 1170 g/mol. The van der Waals surface area contributed by atoms with Gasteiger partial charge in [0.05, 0.1) is 26.4 Å². The molecular weight excluding hydrogens is 1050 g/mol. The molecule has 0 saturated carbocycles. The molecule has 0 aliphatic carbocycles. The number of unbranched alkanes of at least 4 members (excludes halogenated alkanes) is 25. The van der Waals surface area contributed by atoms with E-state index in [-0.39, 0.29) is 25.7 Å². The molecule has 79 heavy (non-hydrogen) atoms. The lowest BCUT2D eigenvalue weighted by atomic mass is 10.00. The van der Waals surface area contributed by atoms with Crippen LogP contribution in [0, 0.1) is 17.8 Å². The number of aliphatic hydroxyl groups is 1. The van der Waals surface area contributed by atoms with Crippen molar-refractivity contribution < 1.29 is 80.2 Å². The summed E-state index contributed by atoms with van der Waals surface area (Å²) in [6.07, 6.45) is 31.3.